The fourth-order valence-corrected chi connectivity index (χ4v) is 2.97. The molecule has 16 heteroatoms. The lowest BCUT2D eigenvalue weighted by Crippen LogP contribution is -2.39. The number of amides is 2. The summed E-state index contributed by atoms with van der Waals surface area (Å²) in [5.74, 6) is -3.46. The number of hydrogen-bond donors (Lipinski definition) is 4. The topological polar surface area (TPSA) is 190 Å². The van der Waals surface area contributed by atoms with Crippen LogP contribution in [0.4, 0.5) is 24.7 Å². The second-order valence-corrected chi connectivity index (χ2v) is 8.08. The van der Waals surface area contributed by atoms with Crippen molar-refractivity contribution in [2.75, 3.05) is 25.5 Å². The normalized spacial score (nSPS) is 11.2. The number of alkyl halides is 3. The molecule has 2 aromatic rings. The molecule has 1 heterocycles. The zero-order valence-electron chi connectivity index (χ0n) is 21.5. The highest BCUT2D eigenvalue weighted by atomic mass is 19.4. The van der Waals surface area contributed by atoms with Crippen molar-refractivity contribution in [1.29, 1.82) is 0 Å². The number of benzene rings is 1. The molecule has 13 nitrogen and oxygen atoms in total. The molecule has 40 heavy (non-hydrogen) atoms. The third kappa shape index (κ3) is 13.2. The predicted octanol–water partition coefficient (Wildman–Crippen LogP) is 2.66. The van der Waals surface area contributed by atoms with Gasteiger partial charge in [0.2, 0.25) is 11.8 Å². The lowest BCUT2D eigenvalue weighted by atomic mass is 10.0. The van der Waals surface area contributed by atoms with Crippen LogP contribution in [0.15, 0.2) is 42.6 Å². The molecule has 0 aliphatic carbocycles. The Morgan fingerprint density at radius 1 is 1.15 bits per heavy atom. The van der Waals surface area contributed by atoms with Crippen LogP contribution < -0.4 is 16.0 Å². The van der Waals surface area contributed by atoms with Crippen LogP contribution in [0.25, 0.3) is 0 Å². The van der Waals surface area contributed by atoms with Crippen molar-refractivity contribution in [3.63, 3.8) is 0 Å². The number of carboxylic acid groups (broad SMARTS) is 1. The number of carbonyl (C=O) groups is 4. The zero-order chi connectivity index (χ0) is 30.3. The molecule has 1 unspecified atom stereocenters. The highest BCUT2D eigenvalue weighted by molar-refractivity contribution is 5.85. The largest absolute Gasteiger partial charge is 0.490 e. The van der Waals surface area contributed by atoms with Gasteiger partial charge >= 0.3 is 18.1 Å². The molecule has 0 saturated heterocycles. The Morgan fingerprint density at radius 3 is 2.40 bits per heavy atom. The van der Waals surface area contributed by atoms with Crippen molar-refractivity contribution in [3.8, 4) is 0 Å². The first-order chi connectivity index (χ1) is 18.7. The van der Waals surface area contributed by atoms with Crippen molar-refractivity contribution in [2.24, 2.45) is 0 Å². The quantitative estimate of drug-likeness (QED) is 0.128. The average Bonchev–Trinajstić information content (AvgIpc) is 2.89. The van der Waals surface area contributed by atoms with E-state index in [-0.39, 0.29) is 31.0 Å². The van der Waals surface area contributed by atoms with E-state index in [1.807, 2.05) is 19.1 Å². The highest BCUT2D eigenvalue weighted by Crippen LogP contribution is 2.22. The number of non-ortho nitro benzene ring substituents is 1. The first kappa shape index (κ1) is 33.3. The minimum absolute atomic E-state index is 0.167. The number of carboxylic acids is 1. The third-order valence-corrected chi connectivity index (χ3v) is 4.91. The van der Waals surface area contributed by atoms with E-state index < -0.39 is 35.0 Å². The van der Waals surface area contributed by atoms with Gasteiger partial charge in [0, 0.05) is 31.3 Å². The molecule has 2 rings (SSSR count). The minimum atomic E-state index is -5.08. The van der Waals surface area contributed by atoms with Crippen LogP contribution >= 0.6 is 0 Å². The lowest BCUT2D eigenvalue weighted by molar-refractivity contribution is -0.384. The van der Waals surface area contributed by atoms with Gasteiger partial charge in [-0.2, -0.15) is 13.2 Å². The molecule has 0 saturated carbocycles. The van der Waals surface area contributed by atoms with Gasteiger partial charge in [-0.15, -0.1) is 0 Å². The van der Waals surface area contributed by atoms with Crippen molar-refractivity contribution in [3.05, 3.63) is 63.8 Å². The van der Waals surface area contributed by atoms with Crippen LogP contribution in [0.2, 0.25) is 0 Å². The summed E-state index contributed by atoms with van der Waals surface area (Å²) in [5.41, 5.74) is 1.29. The molecule has 1 aromatic heterocycles. The van der Waals surface area contributed by atoms with Crippen molar-refractivity contribution >= 4 is 35.3 Å². The molecular formula is C24H28F3N5O8. The molecule has 0 radical (unpaired) electrons. The number of hydrogen-bond acceptors (Lipinski definition) is 9. The number of rotatable bonds is 12. The van der Waals surface area contributed by atoms with E-state index >= 15 is 0 Å². The van der Waals surface area contributed by atoms with Crippen molar-refractivity contribution in [1.82, 2.24) is 15.6 Å². The molecule has 1 aromatic carbocycles. The monoisotopic (exact) mass is 571 g/mol. The summed E-state index contributed by atoms with van der Waals surface area (Å²) in [7, 11) is 1.21. The van der Waals surface area contributed by atoms with E-state index in [0.29, 0.717) is 18.5 Å². The average molecular weight is 572 g/mol. The van der Waals surface area contributed by atoms with Gasteiger partial charge in [0.05, 0.1) is 31.0 Å². The third-order valence-electron chi connectivity index (χ3n) is 4.91. The standard InChI is InChI=1S/C22H27N5O6.C2HF3O2/c1-15-8-10-24-19(11-15)23-9-4-7-20(28)25-14-21(29)26-18(13-22(30)33-2)16-5-3-6-17(12-16)27(31)32;3-2(4,5)1(6)7/h3,5-6,8,10-12,18H,4,7,9,13-14H2,1-2H3,(H,23,24)(H,25,28)(H,26,29);(H,6,7). The van der Waals surface area contributed by atoms with Crippen molar-refractivity contribution in [2.45, 2.75) is 38.4 Å². The number of pyridine rings is 1. The number of aliphatic carboxylic acids is 1. The van der Waals surface area contributed by atoms with E-state index in [1.54, 1.807) is 12.3 Å². The van der Waals surface area contributed by atoms with Crippen LogP contribution in [0.1, 0.15) is 36.4 Å². The zero-order valence-corrected chi connectivity index (χ0v) is 21.5. The second kappa shape index (κ2) is 16.3. The predicted molar refractivity (Wildman–Crippen MR) is 134 cm³/mol. The summed E-state index contributed by atoms with van der Waals surface area (Å²) in [5, 5.41) is 26.4. The fraction of sp³-hybridized carbons (Fsp3) is 0.375. The first-order valence-electron chi connectivity index (χ1n) is 11.6. The Hall–Kier alpha value is -4.76. The van der Waals surface area contributed by atoms with E-state index in [1.165, 1.54) is 25.3 Å². The number of halogens is 3. The number of nitro benzene ring substituents is 1. The fourth-order valence-electron chi connectivity index (χ4n) is 2.97. The van der Waals surface area contributed by atoms with Crippen LogP contribution in [0.3, 0.4) is 0 Å². The summed E-state index contributed by atoms with van der Waals surface area (Å²) in [6.07, 6.45) is -2.84. The van der Waals surface area contributed by atoms with Crippen LogP contribution in [0.5, 0.6) is 0 Å². The molecule has 0 aliphatic heterocycles. The van der Waals surface area contributed by atoms with Gasteiger partial charge < -0.3 is 25.8 Å². The van der Waals surface area contributed by atoms with E-state index in [2.05, 4.69) is 25.7 Å². The SMILES string of the molecule is COC(=O)CC(NC(=O)CNC(=O)CCCNc1cc(C)ccn1)c1cccc([N+](=O)[O-])c1.O=C(O)C(F)(F)F. The number of nitrogens with one attached hydrogen (secondary N) is 3. The minimum Gasteiger partial charge on any atom is -0.475 e. The van der Waals surface area contributed by atoms with Gasteiger partial charge in [-0.25, -0.2) is 9.78 Å². The number of nitrogens with zero attached hydrogens (tertiary/aromatic N) is 2. The molecule has 218 valence electrons. The number of aryl methyl sites for hydroxylation is 1. The summed E-state index contributed by atoms with van der Waals surface area (Å²) >= 11 is 0. The molecule has 1 atom stereocenters. The molecule has 4 N–H and O–H groups in total. The maximum atomic E-state index is 12.3. The van der Waals surface area contributed by atoms with Crippen molar-refractivity contribution < 1.29 is 47.1 Å². The Labute approximate surface area is 226 Å². The van der Waals surface area contributed by atoms with Gasteiger partial charge in [-0.05, 0) is 36.6 Å². The van der Waals surface area contributed by atoms with Gasteiger partial charge in [0.15, 0.2) is 0 Å². The summed E-state index contributed by atoms with van der Waals surface area (Å²) in [6, 6.07) is 8.57. The Morgan fingerprint density at radius 2 is 1.82 bits per heavy atom. The number of anilines is 1. The summed E-state index contributed by atoms with van der Waals surface area (Å²) < 4.78 is 36.4. The van der Waals surface area contributed by atoms with Crippen LogP contribution in [-0.2, 0) is 23.9 Å². The van der Waals surface area contributed by atoms with Gasteiger partial charge in [-0.1, -0.05) is 12.1 Å². The van der Waals surface area contributed by atoms with E-state index in [4.69, 9.17) is 9.90 Å². The Bertz CT molecular complexity index is 1190. The first-order valence-corrected chi connectivity index (χ1v) is 11.6. The second-order valence-electron chi connectivity index (χ2n) is 8.08. The molecule has 0 bridgehead atoms. The number of ether oxygens (including phenoxy) is 1. The number of methoxy groups -OCH3 is 1. The Balaban J connectivity index is 0.00000101. The molecule has 0 spiro atoms. The van der Waals surface area contributed by atoms with E-state index in [0.717, 1.165) is 11.4 Å². The summed E-state index contributed by atoms with van der Waals surface area (Å²) in [6.45, 7) is 2.21. The smallest absolute Gasteiger partial charge is 0.475 e. The highest BCUT2D eigenvalue weighted by Gasteiger charge is 2.38. The Kier molecular flexibility index (Phi) is 13.5. The number of esters is 1. The molecular weight excluding hydrogens is 543 g/mol. The maximum Gasteiger partial charge on any atom is 0.490 e. The van der Waals surface area contributed by atoms with Crippen LogP contribution in [0, 0.1) is 17.0 Å². The molecule has 0 aliphatic rings. The number of nitro groups is 1. The summed E-state index contributed by atoms with van der Waals surface area (Å²) in [4.78, 5) is 59.6. The van der Waals surface area contributed by atoms with Gasteiger partial charge in [0.1, 0.15) is 5.82 Å². The van der Waals surface area contributed by atoms with Crippen LogP contribution in [-0.4, -0.2) is 65.1 Å². The molecule has 2 amide bonds. The number of carbonyl (C=O) groups excluding carboxylic acids is 3. The lowest BCUT2D eigenvalue weighted by Gasteiger charge is -2.18. The van der Waals surface area contributed by atoms with E-state index in [9.17, 15) is 37.7 Å². The maximum absolute atomic E-state index is 12.3. The van der Waals surface area contributed by atoms with Gasteiger partial charge in [-0.3, -0.25) is 24.5 Å². The van der Waals surface area contributed by atoms with Gasteiger partial charge in [0.25, 0.3) is 5.69 Å². The number of aromatic nitrogens is 1. The molecule has 0 fully saturated rings.